The fourth-order valence-corrected chi connectivity index (χ4v) is 5.66. The van der Waals surface area contributed by atoms with Gasteiger partial charge in [-0.15, -0.1) is 0 Å². The van der Waals surface area contributed by atoms with Gasteiger partial charge < -0.3 is 15.4 Å². The molecule has 5 fully saturated rings. The Morgan fingerprint density at radius 3 is 2.04 bits per heavy atom. The molecule has 5 aliphatic carbocycles. The monoisotopic (exact) mass is 348 g/mol. The van der Waals surface area contributed by atoms with Crippen LogP contribution < -0.4 is 10.6 Å². The molecule has 140 valence electrons. The third-order valence-corrected chi connectivity index (χ3v) is 6.83. The molecule has 4 bridgehead atoms. The maximum Gasteiger partial charge on any atom is 0.407 e. The predicted molar refractivity (Wildman–Crippen MR) is 94.9 cm³/mol. The molecule has 0 aromatic rings. The molecule has 0 aliphatic heterocycles. The summed E-state index contributed by atoms with van der Waals surface area (Å²) in [4.78, 5) is 24.8. The van der Waals surface area contributed by atoms with Crippen LogP contribution in [0.1, 0.15) is 65.7 Å². The van der Waals surface area contributed by atoms with Crippen molar-refractivity contribution < 1.29 is 14.3 Å². The summed E-state index contributed by atoms with van der Waals surface area (Å²) in [7, 11) is 0. The highest BCUT2D eigenvalue weighted by atomic mass is 16.6. The normalized spacial score (nSPS) is 37.5. The minimum atomic E-state index is -0.510. The largest absolute Gasteiger partial charge is 0.444 e. The van der Waals surface area contributed by atoms with Gasteiger partial charge in [0, 0.05) is 12.6 Å². The molecule has 0 unspecified atom stereocenters. The van der Waals surface area contributed by atoms with Crippen molar-refractivity contribution in [2.75, 3.05) is 6.54 Å². The topological polar surface area (TPSA) is 67.4 Å². The van der Waals surface area contributed by atoms with Gasteiger partial charge in [0.05, 0.1) is 5.41 Å². The summed E-state index contributed by atoms with van der Waals surface area (Å²) in [5.74, 6) is 3.37. The van der Waals surface area contributed by atoms with Gasteiger partial charge in [-0.1, -0.05) is 0 Å². The average molecular weight is 348 g/mol. The van der Waals surface area contributed by atoms with E-state index in [4.69, 9.17) is 4.74 Å². The zero-order valence-electron chi connectivity index (χ0n) is 15.8. The SMILES string of the molecule is CC(C)(C)OC(=O)NCC1(C(=O)NC2C3CC4CC(C3)CC2C4)CC1. The molecule has 5 rings (SSSR count). The molecule has 0 radical (unpaired) electrons. The Hall–Kier alpha value is -1.26. The fourth-order valence-electron chi connectivity index (χ4n) is 5.66. The molecule has 0 aromatic heterocycles. The Balaban J connectivity index is 1.31. The van der Waals surface area contributed by atoms with Crippen molar-refractivity contribution in [2.24, 2.45) is 29.1 Å². The lowest BCUT2D eigenvalue weighted by Crippen LogP contribution is -2.57. The van der Waals surface area contributed by atoms with Crippen LogP contribution in [0.25, 0.3) is 0 Å². The number of amides is 2. The highest BCUT2D eigenvalue weighted by Crippen LogP contribution is 2.54. The zero-order valence-corrected chi connectivity index (χ0v) is 15.8. The number of carbonyl (C=O) groups is 2. The molecule has 5 aliphatic rings. The molecule has 0 heterocycles. The van der Waals surface area contributed by atoms with Crippen LogP contribution in [0.4, 0.5) is 4.79 Å². The van der Waals surface area contributed by atoms with Gasteiger partial charge in [0.15, 0.2) is 0 Å². The van der Waals surface area contributed by atoms with E-state index in [1.165, 1.54) is 32.1 Å². The molecule has 5 nitrogen and oxygen atoms in total. The average Bonchev–Trinajstić information content (AvgIpc) is 3.27. The summed E-state index contributed by atoms with van der Waals surface area (Å²) in [6.45, 7) is 5.93. The van der Waals surface area contributed by atoms with E-state index in [9.17, 15) is 9.59 Å². The minimum absolute atomic E-state index is 0.154. The molecule has 0 atom stereocenters. The predicted octanol–water partition coefficient (Wildman–Crippen LogP) is 3.23. The first-order valence-electron chi connectivity index (χ1n) is 10.0. The van der Waals surface area contributed by atoms with Crippen LogP contribution in [0.2, 0.25) is 0 Å². The van der Waals surface area contributed by atoms with Gasteiger partial charge in [0.25, 0.3) is 0 Å². The summed E-state index contributed by atoms with van der Waals surface area (Å²) in [5, 5.41) is 6.21. The van der Waals surface area contributed by atoms with E-state index < -0.39 is 17.1 Å². The lowest BCUT2D eigenvalue weighted by Gasteiger charge is -2.54. The molecule has 0 aromatic carbocycles. The highest BCUT2D eigenvalue weighted by molar-refractivity contribution is 5.86. The van der Waals surface area contributed by atoms with Gasteiger partial charge in [-0.2, -0.15) is 0 Å². The first kappa shape index (κ1) is 17.2. The lowest BCUT2D eigenvalue weighted by atomic mass is 9.54. The van der Waals surface area contributed by atoms with Crippen LogP contribution >= 0.6 is 0 Å². The highest BCUT2D eigenvalue weighted by Gasteiger charge is 2.54. The smallest absolute Gasteiger partial charge is 0.407 e. The number of alkyl carbamates (subject to hydrolysis) is 1. The van der Waals surface area contributed by atoms with Crippen LogP contribution in [-0.2, 0) is 9.53 Å². The second kappa shape index (κ2) is 5.88. The van der Waals surface area contributed by atoms with Crippen LogP contribution in [0.5, 0.6) is 0 Å². The Morgan fingerprint density at radius 2 is 1.56 bits per heavy atom. The molecule has 2 amide bonds. The summed E-state index contributed by atoms with van der Waals surface area (Å²) in [5.41, 5.74) is -0.908. The molecule has 5 saturated carbocycles. The van der Waals surface area contributed by atoms with E-state index >= 15 is 0 Å². The van der Waals surface area contributed by atoms with Gasteiger partial charge in [0.1, 0.15) is 5.60 Å². The Bertz CT molecular complexity index is 534. The van der Waals surface area contributed by atoms with E-state index in [1.54, 1.807) is 0 Å². The zero-order chi connectivity index (χ0) is 17.8. The summed E-state index contributed by atoms with van der Waals surface area (Å²) in [6.07, 6.45) is 7.95. The van der Waals surface area contributed by atoms with Gasteiger partial charge in [0.2, 0.25) is 5.91 Å². The van der Waals surface area contributed by atoms with E-state index in [-0.39, 0.29) is 5.91 Å². The standard InChI is InChI=1S/C20H32N2O3/c1-19(2,3)25-18(24)21-11-20(4-5-20)17(23)22-16-14-7-12-6-13(9-14)10-15(16)8-12/h12-16H,4-11H2,1-3H3,(H,21,24)(H,22,23). The lowest BCUT2D eigenvalue weighted by molar-refractivity contribution is -0.130. The molecule has 0 saturated heterocycles. The van der Waals surface area contributed by atoms with Crippen molar-refractivity contribution in [1.29, 1.82) is 0 Å². The summed E-state index contributed by atoms with van der Waals surface area (Å²) < 4.78 is 5.29. The van der Waals surface area contributed by atoms with Crippen molar-refractivity contribution in [3.05, 3.63) is 0 Å². The number of carbonyl (C=O) groups excluding carboxylic acids is 2. The van der Waals surface area contributed by atoms with Gasteiger partial charge in [-0.25, -0.2) is 4.79 Å². The third-order valence-electron chi connectivity index (χ3n) is 6.83. The molecule has 25 heavy (non-hydrogen) atoms. The van der Waals surface area contributed by atoms with E-state index in [2.05, 4.69) is 10.6 Å². The summed E-state index contributed by atoms with van der Waals surface area (Å²) >= 11 is 0. The first-order valence-corrected chi connectivity index (χ1v) is 10.0. The molecular formula is C20H32N2O3. The number of nitrogens with one attached hydrogen (secondary N) is 2. The van der Waals surface area contributed by atoms with Crippen molar-refractivity contribution >= 4 is 12.0 Å². The second-order valence-corrected chi connectivity index (χ2v) is 10.1. The number of hydrogen-bond acceptors (Lipinski definition) is 3. The van der Waals surface area contributed by atoms with Crippen LogP contribution in [0, 0.1) is 29.1 Å². The minimum Gasteiger partial charge on any atom is -0.444 e. The maximum atomic E-state index is 12.9. The molecular weight excluding hydrogens is 316 g/mol. The van der Waals surface area contributed by atoms with Crippen LogP contribution in [-0.4, -0.2) is 30.2 Å². The number of hydrogen-bond donors (Lipinski definition) is 2. The Kier molecular flexibility index (Phi) is 4.04. The number of rotatable bonds is 4. The molecule has 0 spiro atoms. The van der Waals surface area contributed by atoms with E-state index in [1.807, 2.05) is 20.8 Å². The summed E-state index contributed by atoms with van der Waals surface area (Å²) in [6, 6.07) is 0.374. The Labute approximate surface area is 150 Å². The second-order valence-electron chi connectivity index (χ2n) is 10.1. The Morgan fingerprint density at radius 1 is 1.00 bits per heavy atom. The maximum absolute atomic E-state index is 12.9. The van der Waals surface area contributed by atoms with Crippen molar-refractivity contribution in [2.45, 2.75) is 77.4 Å². The first-order chi connectivity index (χ1) is 11.7. The number of ether oxygens (including phenoxy) is 1. The quantitative estimate of drug-likeness (QED) is 0.819. The molecule has 5 heteroatoms. The van der Waals surface area contributed by atoms with Gasteiger partial charge >= 0.3 is 6.09 Å². The van der Waals surface area contributed by atoms with E-state index in [0.29, 0.717) is 24.4 Å². The molecule has 2 N–H and O–H groups in total. The fraction of sp³-hybridized carbons (Fsp3) is 0.900. The third kappa shape index (κ3) is 3.52. The van der Waals surface area contributed by atoms with Crippen LogP contribution in [0.15, 0.2) is 0 Å². The van der Waals surface area contributed by atoms with Gasteiger partial charge in [-0.3, -0.25) is 4.79 Å². The van der Waals surface area contributed by atoms with E-state index in [0.717, 1.165) is 24.7 Å². The van der Waals surface area contributed by atoms with Crippen molar-refractivity contribution in [3.8, 4) is 0 Å². The van der Waals surface area contributed by atoms with Crippen LogP contribution in [0.3, 0.4) is 0 Å². The van der Waals surface area contributed by atoms with Crippen molar-refractivity contribution in [3.63, 3.8) is 0 Å². The van der Waals surface area contributed by atoms with Gasteiger partial charge in [-0.05, 0) is 89.4 Å². The van der Waals surface area contributed by atoms with Crippen molar-refractivity contribution in [1.82, 2.24) is 10.6 Å².